The predicted molar refractivity (Wildman–Crippen MR) is 48.0 cm³/mol. The molecule has 0 bridgehead atoms. The number of rotatable bonds is 0. The van der Waals surface area contributed by atoms with E-state index in [1.807, 2.05) is 12.1 Å². The summed E-state index contributed by atoms with van der Waals surface area (Å²) in [6.45, 7) is 3.18. The highest BCUT2D eigenvalue weighted by atomic mass is 15.1. The quantitative estimate of drug-likeness (QED) is 0.587. The monoisotopic (exact) mass is 148 g/mol. The van der Waals surface area contributed by atoms with Gasteiger partial charge in [0.05, 0.1) is 11.4 Å². The fraction of sp³-hybridized carbons (Fsp3) is 0.333. The van der Waals surface area contributed by atoms with Crippen LogP contribution in [0.4, 0.5) is 11.4 Å². The van der Waals surface area contributed by atoms with Gasteiger partial charge in [0.25, 0.3) is 0 Å². The van der Waals surface area contributed by atoms with Crippen molar-refractivity contribution in [2.24, 2.45) is 0 Å². The molecule has 1 aromatic carbocycles. The zero-order valence-electron chi connectivity index (χ0n) is 6.59. The Morgan fingerprint density at radius 1 is 1.27 bits per heavy atom. The molecule has 0 radical (unpaired) electrons. The van der Waals surface area contributed by atoms with E-state index in [9.17, 15) is 0 Å². The number of benzene rings is 1. The third kappa shape index (κ3) is 1.16. The lowest BCUT2D eigenvalue weighted by Crippen LogP contribution is -2.29. The van der Waals surface area contributed by atoms with Crippen molar-refractivity contribution in [3.8, 4) is 0 Å². The molecular weight excluding hydrogens is 136 g/mol. The fourth-order valence-electron chi connectivity index (χ4n) is 1.34. The predicted octanol–water partition coefficient (Wildman–Crippen LogP) is 1.91. The Hall–Kier alpha value is -1.18. The smallest absolute Gasteiger partial charge is 0.0578 e. The molecule has 58 valence electrons. The molecule has 1 heterocycles. The first-order valence-corrected chi connectivity index (χ1v) is 3.96. The maximum atomic E-state index is 3.40. The topological polar surface area (TPSA) is 24.1 Å². The van der Waals surface area contributed by atoms with Crippen LogP contribution >= 0.6 is 0 Å². The lowest BCUT2D eigenvalue weighted by atomic mass is 10.2. The van der Waals surface area contributed by atoms with Crippen molar-refractivity contribution >= 4 is 11.4 Å². The van der Waals surface area contributed by atoms with Gasteiger partial charge in [-0.15, -0.1) is 0 Å². The molecule has 2 nitrogen and oxygen atoms in total. The average molecular weight is 148 g/mol. The zero-order valence-corrected chi connectivity index (χ0v) is 6.59. The number of hydrogen-bond donors (Lipinski definition) is 2. The second-order valence-corrected chi connectivity index (χ2v) is 2.97. The Bertz CT molecular complexity index is 257. The SMILES string of the molecule is C[C@@H]1CNc2ccccc2N1. The summed E-state index contributed by atoms with van der Waals surface area (Å²) < 4.78 is 0. The van der Waals surface area contributed by atoms with Gasteiger partial charge in [0.1, 0.15) is 0 Å². The fourth-order valence-corrected chi connectivity index (χ4v) is 1.34. The van der Waals surface area contributed by atoms with Gasteiger partial charge in [0.2, 0.25) is 0 Å². The van der Waals surface area contributed by atoms with Gasteiger partial charge in [-0.1, -0.05) is 12.1 Å². The van der Waals surface area contributed by atoms with E-state index in [1.165, 1.54) is 11.4 Å². The first-order valence-electron chi connectivity index (χ1n) is 3.96. The molecule has 0 fully saturated rings. The molecule has 1 aromatic rings. The lowest BCUT2D eigenvalue weighted by molar-refractivity contribution is 0.818. The number of fused-ring (bicyclic) bond motifs is 1. The van der Waals surface area contributed by atoms with E-state index in [1.54, 1.807) is 0 Å². The Balaban J connectivity index is 2.34. The van der Waals surface area contributed by atoms with Gasteiger partial charge < -0.3 is 10.6 Å². The third-order valence-electron chi connectivity index (χ3n) is 1.93. The molecule has 2 rings (SSSR count). The normalized spacial score (nSPS) is 21.4. The van der Waals surface area contributed by atoms with Crippen LogP contribution in [0.2, 0.25) is 0 Å². The molecule has 0 aliphatic carbocycles. The van der Waals surface area contributed by atoms with E-state index in [-0.39, 0.29) is 0 Å². The highest BCUT2D eigenvalue weighted by Crippen LogP contribution is 2.24. The Morgan fingerprint density at radius 2 is 2.00 bits per heavy atom. The molecule has 0 saturated heterocycles. The number of anilines is 2. The minimum absolute atomic E-state index is 0.532. The molecular formula is C9H12N2. The first kappa shape index (κ1) is 6.53. The van der Waals surface area contributed by atoms with E-state index in [0.717, 1.165) is 6.54 Å². The van der Waals surface area contributed by atoms with Gasteiger partial charge in [-0.2, -0.15) is 0 Å². The van der Waals surface area contributed by atoms with Crippen LogP contribution in [0, 0.1) is 0 Å². The summed E-state index contributed by atoms with van der Waals surface area (Å²) in [6.07, 6.45) is 0. The molecule has 0 unspecified atom stereocenters. The van der Waals surface area contributed by atoms with E-state index < -0.39 is 0 Å². The summed E-state index contributed by atoms with van der Waals surface area (Å²) in [6, 6.07) is 8.81. The van der Waals surface area contributed by atoms with Crippen LogP contribution in [-0.2, 0) is 0 Å². The minimum atomic E-state index is 0.532. The van der Waals surface area contributed by atoms with E-state index in [0.29, 0.717) is 6.04 Å². The second kappa shape index (κ2) is 2.46. The number of nitrogens with one attached hydrogen (secondary N) is 2. The van der Waals surface area contributed by atoms with E-state index in [2.05, 4.69) is 29.7 Å². The van der Waals surface area contributed by atoms with Crippen molar-refractivity contribution < 1.29 is 0 Å². The molecule has 0 amide bonds. The van der Waals surface area contributed by atoms with Crippen molar-refractivity contribution in [2.75, 3.05) is 17.2 Å². The van der Waals surface area contributed by atoms with Crippen molar-refractivity contribution in [1.82, 2.24) is 0 Å². The van der Waals surface area contributed by atoms with Gasteiger partial charge in [0.15, 0.2) is 0 Å². The van der Waals surface area contributed by atoms with Crippen LogP contribution in [0.5, 0.6) is 0 Å². The zero-order chi connectivity index (χ0) is 7.68. The van der Waals surface area contributed by atoms with Gasteiger partial charge in [0, 0.05) is 12.6 Å². The van der Waals surface area contributed by atoms with Crippen LogP contribution in [0.3, 0.4) is 0 Å². The van der Waals surface area contributed by atoms with Crippen LogP contribution in [0.25, 0.3) is 0 Å². The summed E-state index contributed by atoms with van der Waals surface area (Å²) in [5, 5.41) is 6.75. The Morgan fingerprint density at radius 3 is 2.82 bits per heavy atom. The summed E-state index contributed by atoms with van der Waals surface area (Å²) in [7, 11) is 0. The van der Waals surface area contributed by atoms with Crippen LogP contribution in [0.1, 0.15) is 6.92 Å². The summed E-state index contributed by atoms with van der Waals surface area (Å²) in [4.78, 5) is 0. The van der Waals surface area contributed by atoms with Crippen LogP contribution in [0.15, 0.2) is 24.3 Å². The number of para-hydroxylation sites is 2. The minimum Gasteiger partial charge on any atom is -0.381 e. The molecule has 1 atom stereocenters. The molecule has 0 spiro atoms. The molecule has 0 saturated carbocycles. The summed E-state index contributed by atoms with van der Waals surface area (Å²) >= 11 is 0. The maximum absolute atomic E-state index is 3.40. The molecule has 2 heteroatoms. The molecule has 11 heavy (non-hydrogen) atoms. The van der Waals surface area contributed by atoms with Gasteiger partial charge in [-0.3, -0.25) is 0 Å². The first-order chi connectivity index (χ1) is 5.36. The molecule has 2 N–H and O–H groups in total. The van der Waals surface area contributed by atoms with Crippen molar-refractivity contribution in [1.29, 1.82) is 0 Å². The molecule has 1 aliphatic rings. The summed E-state index contributed by atoms with van der Waals surface area (Å²) in [5.41, 5.74) is 2.43. The average Bonchev–Trinajstić information content (AvgIpc) is 2.04. The van der Waals surface area contributed by atoms with Crippen LogP contribution < -0.4 is 10.6 Å². The third-order valence-corrected chi connectivity index (χ3v) is 1.93. The van der Waals surface area contributed by atoms with Crippen molar-refractivity contribution in [3.63, 3.8) is 0 Å². The van der Waals surface area contributed by atoms with E-state index in [4.69, 9.17) is 0 Å². The standard InChI is InChI=1S/C9H12N2/c1-7-6-10-8-4-2-3-5-9(8)11-7/h2-5,7,10-11H,6H2,1H3/t7-/m1/s1. The summed E-state index contributed by atoms with van der Waals surface area (Å²) in [5.74, 6) is 0. The number of hydrogen-bond acceptors (Lipinski definition) is 2. The van der Waals surface area contributed by atoms with E-state index >= 15 is 0 Å². The van der Waals surface area contributed by atoms with Gasteiger partial charge in [-0.05, 0) is 19.1 Å². The molecule has 1 aliphatic heterocycles. The maximum Gasteiger partial charge on any atom is 0.0578 e. The van der Waals surface area contributed by atoms with Gasteiger partial charge in [-0.25, -0.2) is 0 Å². The highest BCUT2D eigenvalue weighted by molar-refractivity contribution is 5.70. The van der Waals surface area contributed by atoms with Crippen molar-refractivity contribution in [2.45, 2.75) is 13.0 Å². The lowest BCUT2D eigenvalue weighted by Gasteiger charge is -2.25. The van der Waals surface area contributed by atoms with Gasteiger partial charge >= 0.3 is 0 Å². The largest absolute Gasteiger partial charge is 0.381 e. The second-order valence-electron chi connectivity index (χ2n) is 2.97. The highest BCUT2D eigenvalue weighted by Gasteiger charge is 2.10. The Labute approximate surface area is 66.6 Å². The Kier molecular flexibility index (Phi) is 1.46. The van der Waals surface area contributed by atoms with Crippen molar-refractivity contribution in [3.05, 3.63) is 24.3 Å². The molecule has 0 aromatic heterocycles. The van der Waals surface area contributed by atoms with Crippen LogP contribution in [-0.4, -0.2) is 12.6 Å².